The fourth-order valence-corrected chi connectivity index (χ4v) is 1.83. The lowest BCUT2D eigenvalue weighted by atomic mass is 10.2. The van der Waals surface area contributed by atoms with Gasteiger partial charge in [-0.3, -0.25) is 0 Å². The van der Waals surface area contributed by atoms with E-state index in [9.17, 15) is 0 Å². The number of benzene rings is 2. The van der Waals surface area contributed by atoms with Crippen molar-refractivity contribution in [2.45, 2.75) is 6.61 Å². The molecular weight excluding hydrogens is 250 g/mol. The highest BCUT2D eigenvalue weighted by Gasteiger charge is 2.06. The Balaban J connectivity index is 2.11. The Morgan fingerprint density at radius 2 is 1.83 bits per heavy atom. The lowest BCUT2D eigenvalue weighted by molar-refractivity contribution is 0.306. The van der Waals surface area contributed by atoms with Crippen molar-refractivity contribution in [1.82, 2.24) is 0 Å². The van der Waals surface area contributed by atoms with Crippen LogP contribution in [0, 0.1) is 0 Å². The summed E-state index contributed by atoms with van der Waals surface area (Å²) in [6.45, 7) is 0.415. The van der Waals surface area contributed by atoms with E-state index in [1.165, 1.54) is 0 Å². The van der Waals surface area contributed by atoms with Crippen LogP contribution in [0.4, 0.5) is 5.69 Å². The second kappa shape index (κ2) is 5.65. The molecule has 4 heteroatoms. The highest BCUT2D eigenvalue weighted by molar-refractivity contribution is 6.30. The quantitative estimate of drug-likeness (QED) is 0.859. The van der Waals surface area contributed by atoms with E-state index in [4.69, 9.17) is 26.8 Å². The molecule has 0 saturated carbocycles. The van der Waals surface area contributed by atoms with Gasteiger partial charge in [-0.1, -0.05) is 29.8 Å². The molecular formula is C14H14ClNO2. The number of hydrogen-bond acceptors (Lipinski definition) is 3. The number of para-hydroxylation sites is 1. The van der Waals surface area contributed by atoms with E-state index in [1.807, 2.05) is 36.4 Å². The second-order valence-electron chi connectivity index (χ2n) is 3.79. The minimum Gasteiger partial charge on any atom is -0.494 e. The predicted molar refractivity (Wildman–Crippen MR) is 73.2 cm³/mol. The largest absolute Gasteiger partial charge is 0.494 e. The molecule has 18 heavy (non-hydrogen) atoms. The van der Waals surface area contributed by atoms with Gasteiger partial charge in [-0.05, 0) is 29.8 Å². The SMILES string of the molecule is COc1cccc(OCc2cccc(Cl)c2)c1N. The molecule has 3 nitrogen and oxygen atoms in total. The Bertz CT molecular complexity index is 543. The molecule has 2 aromatic rings. The molecule has 0 heterocycles. The number of methoxy groups -OCH3 is 1. The maximum absolute atomic E-state index is 5.91. The first-order valence-electron chi connectivity index (χ1n) is 5.50. The van der Waals surface area contributed by atoms with Crippen molar-refractivity contribution in [3.05, 3.63) is 53.1 Å². The van der Waals surface area contributed by atoms with Crippen LogP contribution in [0.25, 0.3) is 0 Å². The number of halogens is 1. The van der Waals surface area contributed by atoms with Gasteiger partial charge >= 0.3 is 0 Å². The van der Waals surface area contributed by atoms with E-state index in [0.717, 1.165) is 5.56 Å². The molecule has 2 aromatic carbocycles. The average molecular weight is 264 g/mol. The van der Waals surface area contributed by atoms with Gasteiger partial charge < -0.3 is 15.2 Å². The molecule has 94 valence electrons. The molecule has 0 aliphatic heterocycles. The van der Waals surface area contributed by atoms with E-state index in [1.54, 1.807) is 13.2 Å². The molecule has 0 radical (unpaired) electrons. The summed E-state index contributed by atoms with van der Waals surface area (Å²) in [4.78, 5) is 0. The third kappa shape index (κ3) is 2.87. The van der Waals surface area contributed by atoms with E-state index in [2.05, 4.69) is 0 Å². The fourth-order valence-electron chi connectivity index (χ4n) is 1.62. The second-order valence-corrected chi connectivity index (χ2v) is 4.23. The van der Waals surface area contributed by atoms with Crippen LogP contribution in [0.15, 0.2) is 42.5 Å². The molecule has 0 saturated heterocycles. The van der Waals surface area contributed by atoms with Crippen molar-refractivity contribution in [3.63, 3.8) is 0 Å². The van der Waals surface area contributed by atoms with Gasteiger partial charge in [0, 0.05) is 5.02 Å². The molecule has 0 fully saturated rings. The lowest BCUT2D eigenvalue weighted by Crippen LogP contribution is -2.00. The zero-order valence-corrected chi connectivity index (χ0v) is 10.8. The first-order chi connectivity index (χ1) is 8.70. The molecule has 0 atom stereocenters. The summed E-state index contributed by atoms with van der Waals surface area (Å²) in [5.74, 6) is 1.22. The summed E-state index contributed by atoms with van der Waals surface area (Å²) in [5.41, 5.74) is 7.40. The van der Waals surface area contributed by atoms with Crippen LogP contribution in [0.5, 0.6) is 11.5 Å². The Morgan fingerprint density at radius 1 is 1.11 bits per heavy atom. The number of ether oxygens (including phenoxy) is 2. The number of rotatable bonds is 4. The predicted octanol–water partition coefficient (Wildman–Crippen LogP) is 3.51. The highest BCUT2D eigenvalue weighted by Crippen LogP contribution is 2.31. The van der Waals surface area contributed by atoms with Crippen molar-refractivity contribution in [1.29, 1.82) is 0 Å². The minimum atomic E-state index is 0.415. The van der Waals surface area contributed by atoms with Crippen LogP contribution in [0.3, 0.4) is 0 Å². The summed E-state index contributed by atoms with van der Waals surface area (Å²) >= 11 is 5.91. The van der Waals surface area contributed by atoms with Gasteiger partial charge in [0.15, 0.2) is 0 Å². The van der Waals surface area contributed by atoms with E-state index in [-0.39, 0.29) is 0 Å². The third-order valence-electron chi connectivity index (χ3n) is 2.53. The average Bonchev–Trinajstić information content (AvgIpc) is 2.38. The van der Waals surface area contributed by atoms with Crippen molar-refractivity contribution in [2.24, 2.45) is 0 Å². The first kappa shape index (κ1) is 12.6. The van der Waals surface area contributed by atoms with Crippen molar-refractivity contribution in [3.8, 4) is 11.5 Å². The van der Waals surface area contributed by atoms with Crippen molar-refractivity contribution in [2.75, 3.05) is 12.8 Å². The van der Waals surface area contributed by atoms with Crippen LogP contribution in [-0.4, -0.2) is 7.11 Å². The molecule has 2 rings (SSSR count). The molecule has 0 aliphatic rings. The van der Waals surface area contributed by atoms with Crippen LogP contribution < -0.4 is 15.2 Å². The summed E-state index contributed by atoms with van der Waals surface area (Å²) in [6, 6.07) is 13.0. The van der Waals surface area contributed by atoms with Crippen LogP contribution in [0.2, 0.25) is 5.02 Å². The molecule has 0 amide bonds. The third-order valence-corrected chi connectivity index (χ3v) is 2.76. The Kier molecular flexibility index (Phi) is 3.95. The maximum atomic E-state index is 5.91. The first-order valence-corrected chi connectivity index (χ1v) is 5.88. The molecule has 0 spiro atoms. The van der Waals surface area contributed by atoms with Gasteiger partial charge in [0.25, 0.3) is 0 Å². The van der Waals surface area contributed by atoms with Crippen LogP contribution >= 0.6 is 11.6 Å². The van der Waals surface area contributed by atoms with E-state index in [0.29, 0.717) is 28.8 Å². The molecule has 2 N–H and O–H groups in total. The van der Waals surface area contributed by atoms with Crippen molar-refractivity contribution < 1.29 is 9.47 Å². The van der Waals surface area contributed by atoms with Gasteiger partial charge in [-0.25, -0.2) is 0 Å². The monoisotopic (exact) mass is 263 g/mol. The summed E-state index contributed by atoms with van der Waals surface area (Å²) in [6.07, 6.45) is 0. The minimum absolute atomic E-state index is 0.415. The van der Waals surface area contributed by atoms with Crippen LogP contribution in [0.1, 0.15) is 5.56 Å². The Morgan fingerprint density at radius 3 is 2.56 bits per heavy atom. The summed E-state index contributed by atoms with van der Waals surface area (Å²) < 4.78 is 10.8. The number of hydrogen-bond donors (Lipinski definition) is 1. The molecule has 0 aromatic heterocycles. The Labute approximate surface area is 111 Å². The Hall–Kier alpha value is -1.87. The van der Waals surface area contributed by atoms with Gasteiger partial charge in [0.05, 0.1) is 7.11 Å². The topological polar surface area (TPSA) is 44.5 Å². The summed E-state index contributed by atoms with van der Waals surface area (Å²) in [7, 11) is 1.58. The zero-order chi connectivity index (χ0) is 13.0. The normalized spacial score (nSPS) is 10.1. The van der Waals surface area contributed by atoms with Crippen LogP contribution in [-0.2, 0) is 6.61 Å². The number of nitrogens with two attached hydrogens (primary N) is 1. The van der Waals surface area contributed by atoms with Gasteiger partial charge in [0.2, 0.25) is 0 Å². The lowest BCUT2D eigenvalue weighted by Gasteiger charge is -2.11. The van der Waals surface area contributed by atoms with Gasteiger partial charge in [0.1, 0.15) is 23.8 Å². The summed E-state index contributed by atoms with van der Waals surface area (Å²) in [5, 5.41) is 0.690. The van der Waals surface area contributed by atoms with E-state index < -0.39 is 0 Å². The van der Waals surface area contributed by atoms with Gasteiger partial charge in [-0.2, -0.15) is 0 Å². The molecule has 0 aliphatic carbocycles. The zero-order valence-electron chi connectivity index (χ0n) is 10.0. The standard InChI is InChI=1S/C14H14ClNO2/c1-17-12-6-3-7-13(14(12)16)18-9-10-4-2-5-11(15)8-10/h2-8H,9,16H2,1H3. The number of anilines is 1. The van der Waals surface area contributed by atoms with E-state index >= 15 is 0 Å². The molecule has 0 bridgehead atoms. The smallest absolute Gasteiger partial charge is 0.146 e. The molecule has 0 unspecified atom stereocenters. The van der Waals surface area contributed by atoms with Gasteiger partial charge in [-0.15, -0.1) is 0 Å². The maximum Gasteiger partial charge on any atom is 0.146 e. The number of nitrogen functional groups attached to an aromatic ring is 1. The van der Waals surface area contributed by atoms with Crippen molar-refractivity contribution >= 4 is 17.3 Å². The fraction of sp³-hybridized carbons (Fsp3) is 0.143. The highest BCUT2D eigenvalue weighted by atomic mass is 35.5.